The van der Waals surface area contributed by atoms with E-state index in [0.717, 1.165) is 0 Å². The fraction of sp³-hybridized carbons (Fsp3) is 1.00. The summed E-state index contributed by atoms with van der Waals surface area (Å²) in [5, 5.41) is 0. The van der Waals surface area contributed by atoms with Gasteiger partial charge in [-0.1, -0.05) is 0 Å². The molecule has 0 heterocycles. The van der Waals surface area contributed by atoms with E-state index in [9.17, 15) is 4.57 Å². The molecule has 0 N–H and O–H groups in total. The van der Waals surface area contributed by atoms with Crippen LogP contribution in [-0.2, 0) is 20.9 Å². The molecule has 1 atom stereocenters. The Bertz CT molecular complexity index is 79.5. The second kappa shape index (κ2) is 3.47. The highest BCUT2D eigenvalue weighted by Crippen LogP contribution is 2.02. The van der Waals surface area contributed by atoms with Crippen molar-refractivity contribution < 1.29 is 9.09 Å². The van der Waals surface area contributed by atoms with Gasteiger partial charge in [0.25, 0.3) is 0 Å². The van der Waals surface area contributed by atoms with E-state index in [0.29, 0.717) is 6.61 Å². The van der Waals surface area contributed by atoms with Gasteiger partial charge in [-0.3, -0.25) is 4.52 Å². The first-order valence-corrected chi connectivity index (χ1v) is 3.73. The Hall–Kier alpha value is 0.280. The Morgan fingerprint density at radius 3 is 2.50 bits per heavy atom. The minimum atomic E-state index is -1.77. The zero-order valence-corrected chi connectivity index (χ0v) is 5.09. The number of hydrogen-bond acceptors (Lipinski definition) is 3. The quantitative estimate of drug-likeness (QED) is 0.518. The molecule has 0 aliphatic rings. The molecule has 0 saturated heterocycles. The van der Waals surface area contributed by atoms with Crippen LogP contribution in [0.5, 0.6) is 0 Å². The highest BCUT2D eigenvalue weighted by atomic mass is 32.4. The van der Waals surface area contributed by atoms with Crippen molar-refractivity contribution in [2.24, 2.45) is 0 Å². The molecule has 0 rings (SSSR count). The predicted molar refractivity (Wildman–Crippen MR) is 26.6 cm³/mol. The Morgan fingerprint density at radius 2 is 2.50 bits per heavy atom. The van der Waals surface area contributed by atoms with Gasteiger partial charge >= 0.3 is 6.80 Å². The molecule has 2 nitrogen and oxygen atoms in total. The van der Waals surface area contributed by atoms with E-state index in [1.54, 1.807) is 6.92 Å². The normalized spacial score (nSPS) is 11.2. The molecule has 0 aliphatic carbocycles. The van der Waals surface area contributed by atoms with Crippen LogP contribution in [0.4, 0.5) is 0 Å². The second-order valence-electron chi connectivity index (χ2n) is 0.641. The molecule has 0 aromatic rings. The van der Waals surface area contributed by atoms with Crippen molar-refractivity contribution in [3.63, 3.8) is 0 Å². The maximum Gasteiger partial charge on any atom is 0.311 e. The van der Waals surface area contributed by atoms with Crippen molar-refractivity contribution in [3.05, 3.63) is 0 Å². The number of hydrogen-bond donors (Lipinski definition) is 0. The molecule has 0 amide bonds. The van der Waals surface area contributed by atoms with Gasteiger partial charge in [-0.15, -0.1) is 0 Å². The fourth-order valence-corrected chi connectivity index (χ4v) is 0.632. The van der Waals surface area contributed by atoms with Crippen LogP contribution in [0.1, 0.15) is 6.92 Å². The lowest BCUT2D eigenvalue weighted by Gasteiger charge is -1.77. The Balaban J connectivity index is 3.07. The largest absolute Gasteiger partial charge is 0.311 e. The zero-order valence-electron chi connectivity index (χ0n) is 3.38. The van der Waals surface area contributed by atoms with Crippen LogP contribution in [0.3, 0.4) is 0 Å². The van der Waals surface area contributed by atoms with Gasteiger partial charge in [0.1, 0.15) is 0 Å². The first kappa shape index (κ1) is 6.28. The van der Waals surface area contributed by atoms with E-state index in [1.807, 2.05) is 0 Å². The molecule has 0 fully saturated rings. The maximum absolute atomic E-state index is 9.78. The molecule has 0 aromatic heterocycles. The minimum Gasteiger partial charge on any atom is -0.293 e. The summed E-state index contributed by atoms with van der Waals surface area (Å²) in [6.45, 7) is 0.425. The average Bonchev–Trinajstić information content (AvgIpc) is 1.35. The van der Waals surface area contributed by atoms with Crippen molar-refractivity contribution >= 4 is 18.6 Å². The van der Waals surface area contributed by atoms with Gasteiger partial charge in [0.05, 0.1) is 6.61 Å². The van der Waals surface area contributed by atoms with E-state index in [2.05, 4.69) is 16.3 Å². The zero-order chi connectivity index (χ0) is 4.99. The summed E-state index contributed by atoms with van der Waals surface area (Å²) >= 11 is 4.17. The second-order valence-corrected chi connectivity index (χ2v) is 2.24. The lowest BCUT2D eigenvalue weighted by atomic mass is 10.9. The highest BCUT2D eigenvalue weighted by molar-refractivity contribution is 7.97. The van der Waals surface area contributed by atoms with Gasteiger partial charge in [0, 0.05) is 11.8 Å². The van der Waals surface area contributed by atoms with Crippen molar-refractivity contribution in [2.45, 2.75) is 6.92 Å². The van der Waals surface area contributed by atoms with Gasteiger partial charge in [0.2, 0.25) is 0 Å². The molecule has 0 aliphatic heterocycles. The van der Waals surface area contributed by atoms with Crippen LogP contribution in [0.15, 0.2) is 0 Å². The molecule has 6 heavy (non-hydrogen) atoms. The topological polar surface area (TPSA) is 26.3 Å². The van der Waals surface area contributed by atoms with E-state index >= 15 is 0 Å². The molecule has 36 valence electrons. The van der Waals surface area contributed by atoms with Gasteiger partial charge in [-0.2, -0.15) is 0 Å². The van der Waals surface area contributed by atoms with Crippen molar-refractivity contribution in [1.82, 2.24) is 0 Å². The van der Waals surface area contributed by atoms with Gasteiger partial charge in [0.15, 0.2) is 0 Å². The lowest BCUT2D eigenvalue weighted by Crippen LogP contribution is -1.67. The van der Waals surface area contributed by atoms with Crippen LogP contribution in [0.2, 0.25) is 0 Å². The average molecular weight is 124 g/mol. The summed E-state index contributed by atoms with van der Waals surface area (Å²) in [4.78, 5) is 0. The molecule has 0 aromatic carbocycles. The molecule has 1 unspecified atom stereocenters. The van der Waals surface area contributed by atoms with Gasteiger partial charge in [-0.25, -0.2) is 4.57 Å². The SMILES string of the molecule is CCOP(=O)=S. The Labute approximate surface area is 42.0 Å². The van der Waals surface area contributed by atoms with E-state index in [-0.39, 0.29) is 0 Å². The first-order chi connectivity index (χ1) is 2.77. The summed E-state index contributed by atoms with van der Waals surface area (Å²) in [5.74, 6) is 0. The Kier molecular flexibility index (Phi) is 3.63. The first-order valence-electron chi connectivity index (χ1n) is 1.54. The van der Waals surface area contributed by atoms with E-state index < -0.39 is 6.80 Å². The van der Waals surface area contributed by atoms with Crippen molar-refractivity contribution in [1.29, 1.82) is 0 Å². The summed E-state index contributed by atoms with van der Waals surface area (Å²) in [6.07, 6.45) is 0. The van der Waals surface area contributed by atoms with E-state index in [4.69, 9.17) is 0 Å². The molecular weight excluding hydrogens is 119 g/mol. The summed E-state index contributed by atoms with van der Waals surface area (Å²) in [6, 6.07) is 0. The van der Waals surface area contributed by atoms with Crippen molar-refractivity contribution in [2.75, 3.05) is 6.61 Å². The predicted octanol–water partition coefficient (Wildman–Crippen LogP) is 1.23. The minimum absolute atomic E-state index is 0.443. The molecule has 0 radical (unpaired) electrons. The third-order valence-electron chi connectivity index (χ3n) is 0.235. The van der Waals surface area contributed by atoms with Crippen LogP contribution < -0.4 is 0 Å². The summed E-state index contributed by atoms with van der Waals surface area (Å²) in [7, 11) is 0. The highest BCUT2D eigenvalue weighted by Gasteiger charge is 1.74. The van der Waals surface area contributed by atoms with Gasteiger partial charge < -0.3 is 0 Å². The lowest BCUT2D eigenvalue weighted by molar-refractivity contribution is 0.363. The smallest absolute Gasteiger partial charge is 0.293 e. The monoisotopic (exact) mass is 124 g/mol. The summed E-state index contributed by atoms with van der Waals surface area (Å²) < 4.78 is 14.2. The van der Waals surface area contributed by atoms with Crippen LogP contribution in [0, 0.1) is 0 Å². The Morgan fingerprint density at radius 1 is 2.00 bits per heavy atom. The fourth-order valence-electron chi connectivity index (χ4n) is 0.105. The molecule has 0 spiro atoms. The van der Waals surface area contributed by atoms with Crippen LogP contribution in [0.25, 0.3) is 0 Å². The van der Waals surface area contributed by atoms with E-state index in [1.165, 1.54) is 0 Å². The van der Waals surface area contributed by atoms with Crippen LogP contribution >= 0.6 is 6.80 Å². The standard InChI is InChI=1S/C2H5O2PS/c1-2-4-5(3)6/h2H2,1H3. The van der Waals surface area contributed by atoms with Crippen molar-refractivity contribution in [3.8, 4) is 0 Å². The molecular formula is C2H5O2PS. The number of rotatable bonds is 2. The van der Waals surface area contributed by atoms with Gasteiger partial charge in [-0.05, 0) is 6.92 Å². The summed E-state index contributed by atoms with van der Waals surface area (Å²) in [5.41, 5.74) is 0. The molecule has 0 saturated carbocycles. The third kappa shape index (κ3) is 4.28. The molecule has 0 bridgehead atoms. The molecule has 4 heteroatoms. The third-order valence-corrected chi connectivity index (χ3v) is 1.02. The maximum atomic E-state index is 9.78. The van der Waals surface area contributed by atoms with Crippen LogP contribution in [-0.4, -0.2) is 6.61 Å².